The summed E-state index contributed by atoms with van der Waals surface area (Å²) < 4.78 is 0. The lowest BCUT2D eigenvalue weighted by molar-refractivity contribution is 0.727. The van der Waals surface area contributed by atoms with Gasteiger partial charge in [0, 0.05) is 37.1 Å². The number of nitrogens with one attached hydrogen (secondary N) is 2. The average molecular weight is 372 g/mol. The Hall–Kier alpha value is -3.28. The summed E-state index contributed by atoms with van der Waals surface area (Å²) in [4.78, 5) is 19.3. The second kappa shape index (κ2) is 8.17. The van der Waals surface area contributed by atoms with E-state index in [9.17, 15) is 0 Å². The van der Waals surface area contributed by atoms with Gasteiger partial charge in [0.2, 0.25) is 0 Å². The Kier molecular flexibility index (Phi) is 5.28. The lowest BCUT2D eigenvalue weighted by Gasteiger charge is -2.22. The van der Waals surface area contributed by atoms with Crippen molar-refractivity contribution in [1.82, 2.24) is 15.0 Å². The molecule has 1 aliphatic rings. The standard InChI is InChI=1S/C22H24N6/c1-16-7-6-14-28(16)21-11-5-10-20(27-21)26-19(22-24-12-13-25-22)15-18(23)17-8-3-2-4-9-17/h2-5,8-13,16,23H,6-7,14-15H2,1H3,(H,24,25). The summed E-state index contributed by atoms with van der Waals surface area (Å²) in [5.41, 5.74) is 2.09. The van der Waals surface area contributed by atoms with Gasteiger partial charge in [-0.25, -0.2) is 15.0 Å². The normalized spacial score (nSPS) is 17.1. The van der Waals surface area contributed by atoms with Crippen LogP contribution in [0.3, 0.4) is 0 Å². The van der Waals surface area contributed by atoms with Crippen LogP contribution in [0.5, 0.6) is 0 Å². The molecule has 1 atom stereocenters. The summed E-state index contributed by atoms with van der Waals surface area (Å²) in [6, 6.07) is 16.2. The van der Waals surface area contributed by atoms with E-state index in [1.165, 1.54) is 12.8 Å². The van der Waals surface area contributed by atoms with E-state index in [1.54, 1.807) is 12.4 Å². The largest absolute Gasteiger partial charge is 0.354 e. The maximum atomic E-state index is 8.48. The molecular weight excluding hydrogens is 348 g/mol. The van der Waals surface area contributed by atoms with E-state index in [1.807, 2.05) is 48.5 Å². The third-order valence-corrected chi connectivity index (χ3v) is 5.05. The predicted octanol–water partition coefficient (Wildman–Crippen LogP) is 4.37. The van der Waals surface area contributed by atoms with E-state index in [4.69, 9.17) is 15.4 Å². The summed E-state index contributed by atoms with van der Waals surface area (Å²) in [5.74, 6) is 2.27. The van der Waals surface area contributed by atoms with E-state index in [-0.39, 0.29) is 0 Å². The van der Waals surface area contributed by atoms with Crippen LogP contribution in [0, 0.1) is 5.41 Å². The summed E-state index contributed by atoms with van der Waals surface area (Å²) >= 11 is 0. The Balaban J connectivity index is 1.64. The van der Waals surface area contributed by atoms with Crippen molar-refractivity contribution in [2.75, 3.05) is 11.4 Å². The van der Waals surface area contributed by atoms with Crippen molar-refractivity contribution in [2.24, 2.45) is 4.99 Å². The van der Waals surface area contributed by atoms with Crippen LogP contribution in [0.15, 0.2) is 65.9 Å². The molecule has 1 fully saturated rings. The molecule has 0 spiro atoms. The molecule has 2 aromatic heterocycles. The number of anilines is 1. The number of hydrogen-bond donors (Lipinski definition) is 2. The van der Waals surface area contributed by atoms with Gasteiger partial charge in [0.1, 0.15) is 5.82 Å². The number of aromatic amines is 1. The van der Waals surface area contributed by atoms with Crippen LogP contribution in [0.1, 0.15) is 37.6 Å². The second-order valence-corrected chi connectivity index (χ2v) is 7.06. The minimum absolute atomic E-state index is 0.379. The Morgan fingerprint density at radius 2 is 2.07 bits per heavy atom. The third kappa shape index (κ3) is 4.01. The van der Waals surface area contributed by atoms with Gasteiger partial charge in [-0.1, -0.05) is 36.4 Å². The Morgan fingerprint density at radius 3 is 2.79 bits per heavy atom. The fourth-order valence-electron chi connectivity index (χ4n) is 3.55. The number of aliphatic imine (C=N–C) groups is 1. The zero-order chi connectivity index (χ0) is 19.3. The SMILES string of the molecule is CC1CCCN1c1cccc(N=C(CC(=N)c2ccccc2)c2ncc[nH]2)n1. The van der Waals surface area contributed by atoms with Crippen LogP contribution in [-0.2, 0) is 0 Å². The molecule has 4 rings (SSSR count). The van der Waals surface area contributed by atoms with E-state index in [2.05, 4.69) is 21.8 Å². The first-order chi connectivity index (χ1) is 13.7. The molecule has 0 radical (unpaired) electrons. The van der Waals surface area contributed by atoms with Crippen molar-refractivity contribution in [3.8, 4) is 0 Å². The van der Waals surface area contributed by atoms with Gasteiger partial charge in [0.05, 0.1) is 5.71 Å². The molecule has 2 N–H and O–H groups in total. The smallest absolute Gasteiger partial charge is 0.154 e. The predicted molar refractivity (Wildman–Crippen MR) is 113 cm³/mol. The van der Waals surface area contributed by atoms with Crippen molar-refractivity contribution >= 4 is 23.1 Å². The van der Waals surface area contributed by atoms with Crippen molar-refractivity contribution in [2.45, 2.75) is 32.2 Å². The topological polar surface area (TPSA) is 81.0 Å². The van der Waals surface area contributed by atoms with Crippen LogP contribution in [-0.4, -0.2) is 39.0 Å². The van der Waals surface area contributed by atoms with Crippen molar-refractivity contribution in [1.29, 1.82) is 5.41 Å². The first kappa shape index (κ1) is 18.1. The minimum atomic E-state index is 0.379. The molecular formula is C22H24N6. The first-order valence-electron chi connectivity index (χ1n) is 9.64. The zero-order valence-electron chi connectivity index (χ0n) is 16.0. The Labute approximate surface area is 164 Å². The van der Waals surface area contributed by atoms with Crippen LogP contribution in [0.25, 0.3) is 0 Å². The molecule has 0 saturated carbocycles. The van der Waals surface area contributed by atoms with Gasteiger partial charge in [-0.2, -0.15) is 0 Å². The summed E-state index contributed by atoms with van der Waals surface area (Å²) in [6.45, 7) is 3.27. The van der Waals surface area contributed by atoms with Crippen LogP contribution in [0.2, 0.25) is 0 Å². The van der Waals surface area contributed by atoms with Crippen LogP contribution >= 0.6 is 0 Å². The van der Waals surface area contributed by atoms with Gasteiger partial charge < -0.3 is 15.3 Å². The molecule has 1 saturated heterocycles. The number of pyridine rings is 1. The molecule has 1 aromatic carbocycles. The van der Waals surface area contributed by atoms with Gasteiger partial charge >= 0.3 is 0 Å². The van der Waals surface area contributed by atoms with Gasteiger partial charge in [0.15, 0.2) is 11.6 Å². The van der Waals surface area contributed by atoms with E-state index in [0.29, 0.717) is 35.5 Å². The van der Waals surface area contributed by atoms with Gasteiger partial charge in [0.25, 0.3) is 0 Å². The molecule has 6 heteroatoms. The van der Waals surface area contributed by atoms with Crippen molar-refractivity contribution in [3.63, 3.8) is 0 Å². The number of imidazole rings is 1. The first-order valence-corrected chi connectivity index (χ1v) is 9.64. The molecule has 1 unspecified atom stereocenters. The van der Waals surface area contributed by atoms with Crippen LogP contribution in [0.4, 0.5) is 11.6 Å². The lowest BCUT2D eigenvalue weighted by Crippen LogP contribution is -2.26. The summed E-state index contributed by atoms with van der Waals surface area (Å²) in [7, 11) is 0. The van der Waals surface area contributed by atoms with Crippen molar-refractivity contribution < 1.29 is 0 Å². The maximum Gasteiger partial charge on any atom is 0.154 e. The minimum Gasteiger partial charge on any atom is -0.354 e. The molecule has 3 heterocycles. The molecule has 0 aliphatic carbocycles. The monoisotopic (exact) mass is 372 g/mol. The molecule has 1 aliphatic heterocycles. The lowest BCUT2D eigenvalue weighted by atomic mass is 10.0. The number of H-pyrrole nitrogens is 1. The summed E-state index contributed by atoms with van der Waals surface area (Å²) in [6.07, 6.45) is 6.24. The van der Waals surface area contributed by atoms with Gasteiger partial charge in [-0.3, -0.25) is 0 Å². The molecule has 3 aromatic rings. The summed E-state index contributed by atoms with van der Waals surface area (Å²) in [5, 5.41) is 8.48. The fraction of sp³-hybridized carbons (Fsp3) is 0.273. The highest BCUT2D eigenvalue weighted by Crippen LogP contribution is 2.25. The third-order valence-electron chi connectivity index (χ3n) is 5.05. The van der Waals surface area contributed by atoms with Gasteiger partial charge in [-0.15, -0.1) is 0 Å². The molecule has 28 heavy (non-hydrogen) atoms. The Morgan fingerprint density at radius 1 is 1.21 bits per heavy atom. The van der Waals surface area contributed by atoms with E-state index >= 15 is 0 Å². The number of aromatic nitrogens is 3. The number of hydrogen-bond acceptors (Lipinski definition) is 5. The number of nitrogens with zero attached hydrogens (tertiary/aromatic N) is 4. The molecule has 0 bridgehead atoms. The molecule has 142 valence electrons. The second-order valence-electron chi connectivity index (χ2n) is 7.06. The average Bonchev–Trinajstić information content (AvgIpc) is 3.40. The Bertz CT molecular complexity index is 962. The highest BCUT2D eigenvalue weighted by atomic mass is 15.2. The van der Waals surface area contributed by atoms with E-state index < -0.39 is 0 Å². The number of rotatable bonds is 6. The van der Waals surface area contributed by atoms with Gasteiger partial charge in [-0.05, 0) is 37.5 Å². The quantitative estimate of drug-likeness (QED) is 0.630. The van der Waals surface area contributed by atoms with Crippen LogP contribution < -0.4 is 4.90 Å². The van der Waals surface area contributed by atoms with E-state index in [0.717, 1.165) is 17.9 Å². The highest BCUT2D eigenvalue weighted by Gasteiger charge is 2.21. The zero-order valence-corrected chi connectivity index (χ0v) is 16.0. The highest BCUT2D eigenvalue weighted by molar-refractivity contribution is 6.16. The maximum absolute atomic E-state index is 8.48. The number of benzene rings is 1. The molecule has 0 amide bonds. The fourth-order valence-corrected chi connectivity index (χ4v) is 3.55. The molecule has 6 nitrogen and oxygen atoms in total. The van der Waals surface area contributed by atoms with Crippen molar-refractivity contribution in [3.05, 3.63) is 72.3 Å².